The molecule has 0 atom stereocenters. The van der Waals surface area contributed by atoms with E-state index < -0.39 is 15.7 Å². The summed E-state index contributed by atoms with van der Waals surface area (Å²) in [7, 11) is -2.52. The van der Waals surface area contributed by atoms with Crippen molar-refractivity contribution < 1.29 is 13.2 Å². The summed E-state index contributed by atoms with van der Waals surface area (Å²) < 4.78 is 23.5. The lowest BCUT2D eigenvalue weighted by atomic mass is 10.2. The summed E-state index contributed by atoms with van der Waals surface area (Å²) in [5.41, 5.74) is 0.396. The maximum atomic E-state index is 10.7. The normalized spacial score (nSPS) is 9.31. The predicted molar refractivity (Wildman–Crippen MR) is 47.6 cm³/mol. The third-order valence-electron chi connectivity index (χ3n) is 1.25. The molecule has 0 spiro atoms. The second-order valence-electron chi connectivity index (χ2n) is 2.13. The number of carbonyl (C=O) groups excluding carboxylic acids is 1. The molecular weight excluding hydrogens is 214 g/mol. The lowest BCUT2D eigenvalue weighted by molar-refractivity contribution is 0.108. The summed E-state index contributed by atoms with van der Waals surface area (Å²) in [4.78, 5) is 10.7. The Hall–Kier alpha value is -1.20. The zero-order valence-corrected chi connectivity index (χ0v) is 7.84. The van der Waals surface area contributed by atoms with Crippen LogP contribution in [0, 0.1) is 0 Å². The molecule has 1 aromatic rings. The van der Waals surface area contributed by atoms with Gasteiger partial charge in [0, 0.05) is 5.56 Å². The molecule has 0 fully saturated rings. The number of hydrogen-bond acceptors (Lipinski definition) is 4. The van der Waals surface area contributed by atoms with Crippen molar-refractivity contribution in [3.63, 3.8) is 0 Å². The molecule has 0 aliphatic heterocycles. The Morgan fingerprint density at radius 3 is 2.62 bits per heavy atom. The molecule has 0 unspecified atom stereocenters. The summed E-state index contributed by atoms with van der Waals surface area (Å²) in [5, 5.41) is -0.645. The second-order valence-corrected chi connectivity index (χ2v) is 3.09. The minimum atomic E-state index is -2.52. The van der Waals surface area contributed by atoms with E-state index in [0.717, 1.165) is 0 Å². The van der Waals surface area contributed by atoms with Gasteiger partial charge in [-0.05, 0) is 29.8 Å². The van der Waals surface area contributed by atoms with Gasteiger partial charge in [0.25, 0.3) is 5.24 Å². The molecule has 0 aromatic heterocycles. The van der Waals surface area contributed by atoms with Crippen molar-refractivity contribution in [2.45, 2.75) is 0 Å². The molecule has 0 bridgehead atoms. The summed E-state index contributed by atoms with van der Waals surface area (Å²) >= 11 is 5.18. The van der Waals surface area contributed by atoms with Crippen LogP contribution in [0.2, 0.25) is 0 Å². The van der Waals surface area contributed by atoms with Crippen molar-refractivity contribution in [2.24, 2.45) is 4.36 Å². The molecule has 0 aliphatic rings. The molecule has 0 saturated carbocycles. The van der Waals surface area contributed by atoms with E-state index in [-0.39, 0.29) is 11.3 Å². The van der Waals surface area contributed by atoms with Crippen LogP contribution < -0.4 is 0 Å². The molecule has 0 radical (unpaired) electrons. The van der Waals surface area contributed by atoms with Gasteiger partial charge in [-0.1, -0.05) is 6.07 Å². The van der Waals surface area contributed by atoms with Crippen molar-refractivity contribution in [2.75, 3.05) is 0 Å². The van der Waals surface area contributed by atoms with Crippen LogP contribution in [0.25, 0.3) is 0 Å². The first-order valence-electron chi connectivity index (χ1n) is 3.20. The number of nitrogens with zero attached hydrogens (tertiary/aromatic N) is 1. The van der Waals surface area contributed by atoms with E-state index >= 15 is 0 Å². The van der Waals surface area contributed by atoms with E-state index in [1.54, 1.807) is 0 Å². The standard InChI is InChI=1S/C7H4ClNO3S/c8-7(10)5-2-1-3-6(4-5)9-13(11)12/h1-4H. The average Bonchev–Trinajstić information content (AvgIpc) is 2.03. The van der Waals surface area contributed by atoms with Crippen LogP contribution in [-0.2, 0) is 10.5 Å². The number of rotatable bonds is 2. The molecule has 0 saturated heterocycles. The molecule has 13 heavy (non-hydrogen) atoms. The van der Waals surface area contributed by atoms with Crippen LogP contribution in [-0.4, -0.2) is 13.7 Å². The van der Waals surface area contributed by atoms with Crippen molar-refractivity contribution >= 4 is 33.0 Å². The van der Waals surface area contributed by atoms with Crippen LogP contribution >= 0.6 is 11.6 Å². The van der Waals surface area contributed by atoms with E-state index in [1.165, 1.54) is 24.3 Å². The van der Waals surface area contributed by atoms with Gasteiger partial charge in [-0.15, -0.1) is 4.36 Å². The van der Waals surface area contributed by atoms with Crippen LogP contribution in [0.1, 0.15) is 10.4 Å². The quantitative estimate of drug-likeness (QED) is 0.709. The lowest BCUT2D eigenvalue weighted by Gasteiger charge is -1.92. The summed E-state index contributed by atoms with van der Waals surface area (Å²) in [6.07, 6.45) is 0. The highest BCUT2D eigenvalue weighted by atomic mass is 35.5. The number of hydrogen-bond donors (Lipinski definition) is 0. The van der Waals surface area contributed by atoms with Crippen molar-refractivity contribution in [3.05, 3.63) is 29.8 Å². The van der Waals surface area contributed by atoms with Crippen LogP contribution in [0.15, 0.2) is 28.6 Å². The number of benzene rings is 1. The highest BCUT2D eigenvalue weighted by Crippen LogP contribution is 2.14. The third-order valence-corrected chi connectivity index (χ3v) is 1.83. The molecule has 6 heteroatoms. The summed E-state index contributed by atoms with van der Waals surface area (Å²) in [6.45, 7) is 0. The molecule has 1 aromatic carbocycles. The van der Waals surface area contributed by atoms with Crippen LogP contribution in [0.3, 0.4) is 0 Å². The van der Waals surface area contributed by atoms with Gasteiger partial charge in [-0.2, -0.15) is 8.42 Å². The third kappa shape index (κ3) is 2.96. The van der Waals surface area contributed by atoms with Crippen molar-refractivity contribution in [1.82, 2.24) is 0 Å². The molecule has 68 valence electrons. The Balaban J connectivity index is 3.20. The number of halogens is 1. The van der Waals surface area contributed by atoms with Gasteiger partial charge < -0.3 is 0 Å². The Bertz CT molecular complexity index is 458. The second kappa shape index (κ2) is 4.15. The molecular formula is C7H4ClNO3S. The Morgan fingerprint density at radius 2 is 2.08 bits per heavy atom. The minimum Gasteiger partial charge on any atom is -0.276 e. The first kappa shape index (κ1) is 9.88. The molecule has 0 amide bonds. The number of carbonyl (C=O) groups is 1. The Kier molecular flexibility index (Phi) is 3.16. The molecule has 0 heterocycles. The topological polar surface area (TPSA) is 63.6 Å². The van der Waals surface area contributed by atoms with Gasteiger partial charge in [0.05, 0.1) is 5.69 Å². The first-order chi connectivity index (χ1) is 6.09. The summed E-state index contributed by atoms with van der Waals surface area (Å²) in [5.74, 6) is 0. The molecule has 0 N–H and O–H groups in total. The Morgan fingerprint density at radius 1 is 1.38 bits per heavy atom. The van der Waals surface area contributed by atoms with Gasteiger partial charge in [-0.25, -0.2) is 0 Å². The van der Waals surface area contributed by atoms with Crippen LogP contribution in [0.4, 0.5) is 5.69 Å². The van der Waals surface area contributed by atoms with Gasteiger partial charge in [-0.3, -0.25) is 4.79 Å². The molecule has 0 aliphatic carbocycles. The van der Waals surface area contributed by atoms with E-state index in [4.69, 9.17) is 11.6 Å². The SMILES string of the molecule is O=C(Cl)c1cccc(N=S(=O)=O)c1. The maximum Gasteiger partial charge on any atom is 0.316 e. The monoisotopic (exact) mass is 217 g/mol. The first-order valence-corrected chi connectivity index (χ1v) is 4.61. The minimum absolute atomic E-state index is 0.180. The largest absolute Gasteiger partial charge is 0.316 e. The lowest BCUT2D eigenvalue weighted by Crippen LogP contribution is -1.86. The highest BCUT2D eigenvalue weighted by molar-refractivity contribution is 7.61. The smallest absolute Gasteiger partial charge is 0.276 e. The van der Waals surface area contributed by atoms with Crippen molar-refractivity contribution in [1.29, 1.82) is 0 Å². The highest BCUT2D eigenvalue weighted by Gasteiger charge is 2.01. The Labute approximate surface area is 80.9 Å². The molecule has 1 rings (SSSR count). The van der Waals surface area contributed by atoms with E-state index in [0.29, 0.717) is 0 Å². The fourth-order valence-corrected chi connectivity index (χ4v) is 1.17. The zero-order valence-electron chi connectivity index (χ0n) is 6.27. The predicted octanol–water partition coefficient (Wildman–Crippen LogP) is 1.76. The average molecular weight is 218 g/mol. The van der Waals surface area contributed by atoms with E-state index in [9.17, 15) is 13.2 Å². The van der Waals surface area contributed by atoms with Gasteiger partial charge in [0.15, 0.2) is 0 Å². The van der Waals surface area contributed by atoms with Gasteiger partial charge >= 0.3 is 10.5 Å². The van der Waals surface area contributed by atoms with Crippen LogP contribution in [0.5, 0.6) is 0 Å². The van der Waals surface area contributed by atoms with Gasteiger partial charge in [0.1, 0.15) is 0 Å². The zero-order chi connectivity index (χ0) is 9.84. The van der Waals surface area contributed by atoms with Crippen molar-refractivity contribution in [3.8, 4) is 0 Å². The van der Waals surface area contributed by atoms with E-state index in [1.807, 2.05) is 0 Å². The fourth-order valence-electron chi connectivity index (χ4n) is 0.771. The maximum absolute atomic E-state index is 10.7. The van der Waals surface area contributed by atoms with E-state index in [2.05, 4.69) is 4.36 Å². The summed E-state index contributed by atoms with van der Waals surface area (Å²) in [6, 6.07) is 5.73. The fraction of sp³-hybridized carbons (Fsp3) is 0. The molecule has 4 nitrogen and oxygen atoms in total. The van der Waals surface area contributed by atoms with Gasteiger partial charge in [0.2, 0.25) is 0 Å².